The van der Waals surface area contributed by atoms with Crippen molar-refractivity contribution in [2.24, 2.45) is 4.99 Å². The Bertz CT molecular complexity index is 603. The highest BCUT2D eigenvalue weighted by Crippen LogP contribution is 2.18. The number of likely N-dealkylation sites (tertiary alicyclic amines) is 1. The summed E-state index contributed by atoms with van der Waals surface area (Å²) in [6.45, 7) is 4.12. The molecule has 2 aliphatic rings. The first-order valence-electron chi connectivity index (χ1n) is 10.2. The molecule has 0 saturated carbocycles. The Labute approximate surface area is 185 Å². The molecule has 0 bridgehead atoms. The van der Waals surface area contributed by atoms with Gasteiger partial charge in [0.2, 0.25) is 0 Å². The van der Waals surface area contributed by atoms with Crippen LogP contribution in [0.2, 0.25) is 0 Å². The van der Waals surface area contributed by atoms with Crippen molar-refractivity contribution < 1.29 is 13.9 Å². The minimum absolute atomic E-state index is 0. The number of nitrogens with zero attached hydrogens (tertiary/aromatic N) is 2. The number of guanidine groups is 1. The van der Waals surface area contributed by atoms with Crippen molar-refractivity contribution in [2.75, 3.05) is 39.9 Å². The second-order valence-corrected chi connectivity index (χ2v) is 7.32. The molecule has 2 fully saturated rings. The number of piperidine rings is 1. The van der Waals surface area contributed by atoms with Crippen LogP contribution in [0, 0.1) is 5.82 Å². The van der Waals surface area contributed by atoms with Crippen LogP contribution in [0.3, 0.4) is 0 Å². The van der Waals surface area contributed by atoms with Crippen molar-refractivity contribution in [3.8, 4) is 0 Å². The SMILES string of the molecule is CN=C(NCCc1ccccc1F)N1CCC(OCC2CCCCO2)CC1.I. The smallest absolute Gasteiger partial charge is 0.193 e. The zero-order valence-electron chi connectivity index (χ0n) is 16.7. The predicted molar refractivity (Wildman–Crippen MR) is 121 cm³/mol. The van der Waals surface area contributed by atoms with E-state index < -0.39 is 0 Å². The third-order valence-corrected chi connectivity index (χ3v) is 5.38. The first kappa shape index (κ1) is 23.3. The quantitative estimate of drug-likeness (QED) is 0.365. The fraction of sp³-hybridized carbons (Fsp3) is 0.667. The number of nitrogens with one attached hydrogen (secondary N) is 1. The van der Waals surface area contributed by atoms with Gasteiger partial charge in [0, 0.05) is 33.3 Å². The Morgan fingerprint density at radius 3 is 2.71 bits per heavy atom. The molecule has 1 aromatic carbocycles. The Morgan fingerprint density at radius 2 is 2.04 bits per heavy atom. The van der Waals surface area contributed by atoms with Crippen LogP contribution in [0.15, 0.2) is 29.3 Å². The van der Waals surface area contributed by atoms with Gasteiger partial charge in [-0.3, -0.25) is 4.99 Å². The number of halogens is 2. The normalized spacial score (nSPS) is 21.3. The minimum atomic E-state index is -0.144. The molecule has 1 atom stereocenters. The molecule has 0 aliphatic carbocycles. The lowest BCUT2D eigenvalue weighted by atomic mass is 10.1. The van der Waals surface area contributed by atoms with Gasteiger partial charge in [-0.2, -0.15) is 0 Å². The summed E-state index contributed by atoms with van der Waals surface area (Å²) >= 11 is 0. The standard InChI is InChI=1S/C21H32FN3O2.HI/c1-23-21(24-12-9-17-6-2-3-8-20(17)22)25-13-10-18(11-14-25)27-16-19-7-4-5-15-26-19;/h2-3,6,8,18-19H,4-5,7,9-16H2,1H3,(H,23,24);1H. The van der Waals surface area contributed by atoms with Gasteiger partial charge in [-0.1, -0.05) is 18.2 Å². The third kappa shape index (κ3) is 7.15. The van der Waals surface area contributed by atoms with E-state index >= 15 is 0 Å². The summed E-state index contributed by atoms with van der Waals surface area (Å²) < 4.78 is 25.5. The molecule has 1 N–H and O–H groups in total. The van der Waals surface area contributed by atoms with Crippen LogP contribution in [-0.4, -0.2) is 63.0 Å². The fourth-order valence-corrected chi connectivity index (χ4v) is 3.76. The van der Waals surface area contributed by atoms with Gasteiger partial charge in [0.15, 0.2) is 5.96 Å². The third-order valence-electron chi connectivity index (χ3n) is 5.38. The highest BCUT2D eigenvalue weighted by atomic mass is 127. The summed E-state index contributed by atoms with van der Waals surface area (Å²) in [5, 5.41) is 3.36. The summed E-state index contributed by atoms with van der Waals surface area (Å²) in [4.78, 5) is 6.65. The van der Waals surface area contributed by atoms with Crippen LogP contribution in [0.5, 0.6) is 0 Å². The number of benzene rings is 1. The molecular weight excluding hydrogens is 472 g/mol. The molecule has 28 heavy (non-hydrogen) atoms. The molecule has 5 nitrogen and oxygen atoms in total. The van der Waals surface area contributed by atoms with E-state index in [2.05, 4.69) is 15.2 Å². The van der Waals surface area contributed by atoms with Crippen LogP contribution in [0.4, 0.5) is 4.39 Å². The molecule has 0 radical (unpaired) electrons. The predicted octanol–water partition coefficient (Wildman–Crippen LogP) is 3.61. The van der Waals surface area contributed by atoms with Gasteiger partial charge in [0.05, 0.1) is 18.8 Å². The van der Waals surface area contributed by atoms with E-state index in [1.807, 2.05) is 12.1 Å². The summed E-state index contributed by atoms with van der Waals surface area (Å²) in [6.07, 6.45) is 6.79. The van der Waals surface area contributed by atoms with E-state index in [9.17, 15) is 4.39 Å². The first-order valence-corrected chi connectivity index (χ1v) is 10.2. The van der Waals surface area contributed by atoms with Gasteiger partial charge < -0.3 is 19.7 Å². The number of hydrogen-bond donors (Lipinski definition) is 1. The molecule has 0 amide bonds. The number of rotatable bonds is 6. The molecule has 1 aromatic rings. The molecule has 2 heterocycles. The zero-order valence-corrected chi connectivity index (χ0v) is 19.1. The van der Waals surface area contributed by atoms with E-state index in [1.54, 1.807) is 13.1 Å². The lowest BCUT2D eigenvalue weighted by Crippen LogP contribution is -2.47. The van der Waals surface area contributed by atoms with E-state index in [4.69, 9.17) is 9.47 Å². The van der Waals surface area contributed by atoms with Gasteiger partial charge >= 0.3 is 0 Å². The maximum atomic E-state index is 13.7. The van der Waals surface area contributed by atoms with Gasteiger partial charge in [0.1, 0.15) is 5.82 Å². The maximum absolute atomic E-state index is 13.7. The van der Waals surface area contributed by atoms with Crippen molar-refractivity contribution in [2.45, 2.75) is 50.7 Å². The molecule has 2 aliphatic heterocycles. The Kier molecular flexibility index (Phi) is 10.5. The largest absolute Gasteiger partial charge is 0.376 e. The average Bonchev–Trinajstić information content (AvgIpc) is 2.72. The van der Waals surface area contributed by atoms with Crippen LogP contribution >= 0.6 is 24.0 Å². The van der Waals surface area contributed by atoms with Gasteiger partial charge in [-0.05, 0) is 50.2 Å². The number of ether oxygens (including phenoxy) is 2. The molecule has 2 saturated heterocycles. The van der Waals surface area contributed by atoms with E-state index in [-0.39, 0.29) is 35.9 Å². The first-order chi connectivity index (χ1) is 13.3. The average molecular weight is 505 g/mol. The van der Waals surface area contributed by atoms with Crippen molar-refractivity contribution >= 4 is 29.9 Å². The fourth-order valence-electron chi connectivity index (χ4n) is 3.76. The molecule has 7 heteroatoms. The number of hydrogen-bond acceptors (Lipinski definition) is 3. The Morgan fingerprint density at radius 1 is 1.25 bits per heavy atom. The summed E-state index contributed by atoms with van der Waals surface area (Å²) in [5.74, 6) is 0.745. The Balaban J connectivity index is 0.00000280. The van der Waals surface area contributed by atoms with Crippen molar-refractivity contribution in [1.82, 2.24) is 10.2 Å². The van der Waals surface area contributed by atoms with Crippen LogP contribution in [0.1, 0.15) is 37.7 Å². The second kappa shape index (κ2) is 12.6. The highest BCUT2D eigenvalue weighted by molar-refractivity contribution is 14.0. The summed E-state index contributed by atoms with van der Waals surface area (Å²) in [7, 11) is 1.80. The molecular formula is C21H33FIN3O2. The monoisotopic (exact) mass is 505 g/mol. The van der Waals surface area contributed by atoms with E-state index in [1.165, 1.54) is 18.9 Å². The topological polar surface area (TPSA) is 46.1 Å². The maximum Gasteiger partial charge on any atom is 0.193 e. The van der Waals surface area contributed by atoms with Gasteiger partial charge in [-0.15, -0.1) is 24.0 Å². The molecule has 1 unspecified atom stereocenters. The van der Waals surface area contributed by atoms with E-state index in [0.717, 1.165) is 57.1 Å². The van der Waals surface area contributed by atoms with Crippen LogP contribution in [0.25, 0.3) is 0 Å². The zero-order chi connectivity index (χ0) is 18.9. The Hall–Kier alpha value is -0.930. The molecule has 3 rings (SSSR count). The van der Waals surface area contributed by atoms with Crippen molar-refractivity contribution in [1.29, 1.82) is 0 Å². The van der Waals surface area contributed by atoms with Gasteiger partial charge in [-0.25, -0.2) is 4.39 Å². The van der Waals surface area contributed by atoms with Gasteiger partial charge in [0.25, 0.3) is 0 Å². The summed E-state index contributed by atoms with van der Waals surface area (Å²) in [6, 6.07) is 6.93. The van der Waals surface area contributed by atoms with E-state index in [0.29, 0.717) is 19.1 Å². The lowest BCUT2D eigenvalue weighted by molar-refractivity contribution is -0.0721. The minimum Gasteiger partial charge on any atom is -0.376 e. The second-order valence-electron chi connectivity index (χ2n) is 7.32. The number of aliphatic imine (C=N–C) groups is 1. The van der Waals surface area contributed by atoms with Crippen molar-refractivity contribution in [3.05, 3.63) is 35.6 Å². The lowest BCUT2D eigenvalue weighted by Gasteiger charge is -2.35. The van der Waals surface area contributed by atoms with Crippen molar-refractivity contribution in [3.63, 3.8) is 0 Å². The summed E-state index contributed by atoms with van der Waals surface area (Å²) in [5.41, 5.74) is 0.734. The highest BCUT2D eigenvalue weighted by Gasteiger charge is 2.23. The van der Waals surface area contributed by atoms with Crippen LogP contribution < -0.4 is 5.32 Å². The van der Waals surface area contributed by atoms with Crippen LogP contribution in [-0.2, 0) is 15.9 Å². The molecule has 0 spiro atoms. The molecule has 0 aromatic heterocycles. The molecule has 158 valence electrons.